The normalized spacial score (nSPS) is 15.5. The highest BCUT2D eigenvalue weighted by Gasteiger charge is 2.26. The number of anilines is 1. The summed E-state index contributed by atoms with van der Waals surface area (Å²) in [6.07, 6.45) is 5.50. The molecule has 1 saturated heterocycles. The van der Waals surface area contributed by atoms with Crippen LogP contribution in [0, 0.1) is 0 Å². The van der Waals surface area contributed by atoms with Crippen LogP contribution in [0.3, 0.4) is 0 Å². The van der Waals surface area contributed by atoms with Crippen LogP contribution in [0.15, 0.2) is 58.9 Å². The molecular formula is C21H22N4O3S2. The molecule has 3 heterocycles. The van der Waals surface area contributed by atoms with Gasteiger partial charge in [0.05, 0.1) is 10.6 Å². The first-order chi connectivity index (χ1) is 14.5. The smallest absolute Gasteiger partial charge is 0.257 e. The minimum Gasteiger partial charge on any atom is -0.298 e. The number of nitrogens with zero attached hydrogens (tertiary/aromatic N) is 3. The van der Waals surface area contributed by atoms with E-state index in [2.05, 4.69) is 15.3 Å². The minimum atomic E-state index is -3.61. The molecule has 0 spiro atoms. The van der Waals surface area contributed by atoms with Gasteiger partial charge in [0, 0.05) is 30.2 Å². The van der Waals surface area contributed by atoms with Gasteiger partial charge in [-0.3, -0.25) is 15.1 Å². The van der Waals surface area contributed by atoms with E-state index in [1.807, 2.05) is 23.6 Å². The maximum absolute atomic E-state index is 13.0. The molecule has 4 rings (SSSR count). The second-order valence-corrected chi connectivity index (χ2v) is 9.85. The lowest BCUT2D eigenvalue weighted by Gasteiger charge is -2.20. The Kier molecular flexibility index (Phi) is 6.21. The van der Waals surface area contributed by atoms with Crippen LogP contribution in [0.4, 0.5) is 5.13 Å². The molecule has 0 aliphatic carbocycles. The van der Waals surface area contributed by atoms with Crippen LogP contribution < -0.4 is 5.32 Å². The number of carbonyl (C=O) groups excluding carboxylic acids is 1. The molecule has 7 nitrogen and oxygen atoms in total. The van der Waals surface area contributed by atoms with Gasteiger partial charge in [-0.2, -0.15) is 4.31 Å². The number of hydrogen-bond acceptors (Lipinski definition) is 6. The summed E-state index contributed by atoms with van der Waals surface area (Å²) >= 11 is 1.29. The number of amides is 1. The fourth-order valence-corrected chi connectivity index (χ4v) is 5.62. The number of thiazole rings is 1. The summed E-state index contributed by atoms with van der Waals surface area (Å²) < 4.78 is 27.5. The number of rotatable bonds is 5. The highest BCUT2D eigenvalue weighted by Crippen LogP contribution is 2.25. The number of pyridine rings is 1. The monoisotopic (exact) mass is 442 g/mol. The fourth-order valence-electron chi connectivity index (χ4n) is 3.36. The molecule has 1 amide bonds. The number of nitrogens with one attached hydrogen (secondary N) is 1. The van der Waals surface area contributed by atoms with E-state index in [1.54, 1.807) is 24.4 Å². The lowest BCUT2D eigenvalue weighted by Crippen LogP contribution is -2.32. The molecule has 0 unspecified atom stereocenters. The van der Waals surface area contributed by atoms with Gasteiger partial charge in [-0.15, -0.1) is 11.3 Å². The molecule has 3 aromatic rings. The molecule has 0 bridgehead atoms. The van der Waals surface area contributed by atoms with E-state index >= 15 is 0 Å². The maximum atomic E-state index is 13.0. The standard InChI is InChI=1S/C21H22N4O3S2/c26-20(24-21-23-19(15-29-21)18-10-3-4-11-22-18)16-8-7-9-17(14-16)30(27,28)25-12-5-1-2-6-13-25/h3-4,7-11,14-15H,1-2,5-6,12-13H2,(H,23,24,26). The summed E-state index contributed by atoms with van der Waals surface area (Å²) in [6, 6.07) is 11.7. The van der Waals surface area contributed by atoms with E-state index in [9.17, 15) is 13.2 Å². The van der Waals surface area contributed by atoms with Crippen LogP contribution >= 0.6 is 11.3 Å². The van der Waals surface area contributed by atoms with Crippen molar-refractivity contribution >= 4 is 32.4 Å². The van der Waals surface area contributed by atoms with Crippen LogP contribution in [-0.4, -0.2) is 41.7 Å². The molecular weight excluding hydrogens is 420 g/mol. The lowest BCUT2D eigenvalue weighted by molar-refractivity contribution is 0.102. The minimum absolute atomic E-state index is 0.144. The molecule has 2 aromatic heterocycles. The first kappa shape index (κ1) is 20.6. The van der Waals surface area contributed by atoms with Gasteiger partial charge in [0.2, 0.25) is 10.0 Å². The van der Waals surface area contributed by atoms with Crippen LogP contribution in [0.5, 0.6) is 0 Å². The third kappa shape index (κ3) is 4.58. The number of sulfonamides is 1. The van der Waals surface area contributed by atoms with Gasteiger partial charge in [-0.1, -0.05) is 25.0 Å². The van der Waals surface area contributed by atoms with Gasteiger partial charge < -0.3 is 0 Å². The third-order valence-corrected chi connectivity index (χ3v) is 7.60. The van der Waals surface area contributed by atoms with Crippen LogP contribution in [-0.2, 0) is 10.0 Å². The first-order valence-electron chi connectivity index (χ1n) is 9.82. The Bertz CT molecular complexity index is 1120. The molecule has 1 fully saturated rings. The van der Waals surface area contributed by atoms with Gasteiger partial charge >= 0.3 is 0 Å². The van der Waals surface area contributed by atoms with E-state index in [1.165, 1.54) is 21.7 Å². The summed E-state index contributed by atoms with van der Waals surface area (Å²) in [5.74, 6) is -0.398. The summed E-state index contributed by atoms with van der Waals surface area (Å²) in [5, 5.41) is 5.00. The molecule has 0 saturated carbocycles. The van der Waals surface area contributed by atoms with Gasteiger partial charge in [0.25, 0.3) is 5.91 Å². The maximum Gasteiger partial charge on any atom is 0.257 e. The SMILES string of the molecule is O=C(Nc1nc(-c2ccccn2)cs1)c1cccc(S(=O)(=O)N2CCCCCC2)c1. The number of hydrogen-bond donors (Lipinski definition) is 1. The van der Waals surface area contributed by atoms with E-state index in [-0.39, 0.29) is 10.5 Å². The van der Waals surface area contributed by atoms with E-state index in [0.717, 1.165) is 31.4 Å². The van der Waals surface area contributed by atoms with Crippen molar-refractivity contribution in [3.8, 4) is 11.4 Å². The van der Waals surface area contributed by atoms with Gasteiger partial charge in [0.15, 0.2) is 5.13 Å². The average molecular weight is 443 g/mol. The van der Waals surface area contributed by atoms with Crippen molar-refractivity contribution in [3.63, 3.8) is 0 Å². The van der Waals surface area contributed by atoms with Crippen molar-refractivity contribution in [1.82, 2.24) is 14.3 Å². The van der Waals surface area contributed by atoms with E-state index in [0.29, 0.717) is 23.9 Å². The molecule has 1 aliphatic rings. The molecule has 1 aliphatic heterocycles. The highest BCUT2D eigenvalue weighted by molar-refractivity contribution is 7.89. The van der Waals surface area contributed by atoms with Crippen molar-refractivity contribution in [3.05, 3.63) is 59.6 Å². The van der Waals surface area contributed by atoms with Crippen LogP contribution in [0.1, 0.15) is 36.0 Å². The molecule has 1 N–H and O–H groups in total. The van der Waals surface area contributed by atoms with Crippen molar-refractivity contribution < 1.29 is 13.2 Å². The number of carbonyl (C=O) groups is 1. The molecule has 9 heteroatoms. The predicted octanol–water partition coefficient (Wildman–Crippen LogP) is 4.02. The molecule has 1 aromatic carbocycles. The Morgan fingerprint density at radius 2 is 1.80 bits per heavy atom. The lowest BCUT2D eigenvalue weighted by atomic mass is 10.2. The second-order valence-electron chi connectivity index (χ2n) is 7.05. The summed E-state index contributed by atoms with van der Waals surface area (Å²) in [5.41, 5.74) is 1.67. The summed E-state index contributed by atoms with van der Waals surface area (Å²) in [6.45, 7) is 1.04. The van der Waals surface area contributed by atoms with Crippen LogP contribution in [0.25, 0.3) is 11.4 Å². The predicted molar refractivity (Wildman–Crippen MR) is 117 cm³/mol. The van der Waals surface area contributed by atoms with Crippen LogP contribution in [0.2, 0.25) is 0 Å². The zero-order valence-corrected chi connectivity index (χ0v) is 18.0. The number of aromatic nitrogens is 2. The quantitative estimate of drug-likeness (QED) is 0.644. The zero-order chi connectivity index (χ0) is 21.0. The van der Waals surface area contributed by atoms with Crippen molar-refractivity contribution in [2.24, 2.45) is 0 Å². The fraction of sp³-hybridized carbons (Fsp3) is 0.286. The largest absolute Gasteiger partial charge is 0.298 e. The Morgan fingerprint density at radius 1 is 1.00 bits per heavy atom. The zero-order valence-electron chi connectivity index (χ0n) is 16.3. The van der Waals surface area contributed by atoms with Gasteiger partial charge in [0.1, 0.15) is 5.69 Å². The number of benzene rings is 1. The van der Waals surface area contributed by atoms with Gasteiger partial charge in [-0.25, -0.2) is 13.4 Å². The van der Waals surface area contributed by atoms with E-state index in [4.69, 9.17) is 0 Å². The van der Waals surface area contributed by atoms with Crippen molar-refractivity contribution in [2.45, 2.75) is 30.6 Å². The van der Waals surface area contributed by atoms with Gasteiger partial charge in [-0.05, 0) is 43.2 Å². The molecule has 0 radical (unpaired) electrons. The third-order valence-electron chi connectivity index (χ3n) is 4.95. The highest BCUT2D eigenvalue weighted by atomic mass is 32.2. The Morgan fingerprint density at radius 3 is 2.53 bits per heavy atom. The Hall–Kier alpha value is -2.62. The topological polar surface area (TPSA) is 92.3 Å². The first-order valence-corrected chi connectivity index (χ1v) is 12.1. The Balaban J connectivity index is 1.51. The summed E-state index contributed by atoms with van der Waals surface area (Å²) in [4.78, 5) is 21.5. The van der Waals surface area contributed by atoms with Crippen molar-refractivity contribution in [2.75, 3.05) is 18.4 Å². The van der Waals surface area contributed by atoms with E-state index < -0.39 is 15.9 Å². The van der Waals surface area contributed by atoms with Crippen molar-refractivity contribution in [1.29, 1.82) is 0 Å². The Labute approximate surface area is 179 Å². The molecule has 0 atom stereocenters. The average Bonchev–Trinajstić information content (AvgIpc) is 3.05. The molecule has 30 heavy (non-hydrogen) atoms. The molecule has 156 valence electrons. The second kappa shape index (κ2) is 9.03. The summed E-state index contributed by atoms with van der Waals surface area (Å²) in [7, 11) is -3.61.